The molecule has 0 amide bonds. The quantitative estimate of drug-likeness (QED) is 0.347. The molecule has 0 saturated carbocycles. The van der Waals surface area contributed by atoms with E-state index in [1.165, 1.54) is 0 Å². The van der Waals surface area contributed by atoms with Gasteiger partial charge in [0.15, 0.2) is 5.84 Å². The second kappa shape index (κ2) is 5.83. The van der Waals surface area contributed by atoms with E-state index in [1.54, 1.807) is 6.20 Å². The standard InChI is InChI=1S/C12H20N6O/c1-9(12(13)16-19)17-5-7-18(8-6-17)11-3-4-14-10(2)15-11/h3-4,9,19H,5-8H2,1-2H3,(H2,13,16). The summed E-state index contributed by atoms with van der Waals surface area (Å²) >= 11 is 0. The molecule has 1 fully saturated rings. The molecular formula is C12H20N6O. The summed E-state index contributed by atoms with van der Waals surface area (Å²) in [6, 6.07) is 1.88. The van der Waals surface area contributed by atoms with E-state index in [4.69, 9.17) is 10.9 Å². The first-order valence-corrected chi connectivity index (χ1v) is 6.38. The average molecular weight is 264 g/mol. The highest BCUT2D eigenvalue weighted by molar-refractivity contribution is 5.84. The van der Waals surface area contributed by atoms with Crippen LogP contribution in [0.1, 0.15) is 12.7 Å². The van der Waals surface area contributed by atoms with Gasteiger partial charge in [-0.15, -0.1) is 0 Å². The Balaban J connectivity index is 1.96. The zero-order chi connectivity index (χ0) is 13.8. The van der Waals surface area contributed by atoms with Crippen molar-refractivity contribution in [2.45, 2.75) is 19.9 Å². The molecule has 7 heteroatoms. The van der Waals surface area contributed by atoms with Crippen LogP contribution in [-0.2, 0) is 0 Å². The first kappa shape index (κ1) is 13.5. The highest BCUT2D eigenvalue weighted by Gasteiger charge is 2.24. The SMILES string of the molecule is Cc1nccc(N2CCN(C(C)C(N)=NO)CC2)n1. The fourth-order valence-corrected chi connectivity index (χ4v) is 2.23. The van der Waals surface area contributed by atoms with E-state index in [-0.39, 0.29) is 11.9 Å². The van der Waals surface area contributed by atoms with Gasteiger partial charge in [-0.05, 0) is 19.9 Å². The van der Waals surface area contributed by atoms with Gasteiger partial charge < -0.3 is 15.8 Å². The summed E-state index contributed by atoms with van der Waals surface area (Å²) in [5.41, 5.74) is 5.64. The van der Waals surface area contributed by atoms with E-state index in [0.29, 0.717) is 0 Å². The Morgan fingerprint density at radius 1 is 1.42 bits per heavy atom. The fraction of sp³-hybridized carbons (Fsp3) is 0.583. The van der Waals surface area contributed by atoms with Crippen molar-refractivity contribution in [1.29, 1.82) is 0 Å². The second-order valence-electron chi connectivity index (χ2n) is 4.69. The van der Waals surface area contributed by atoms with E-state index >= 15 is 0 Å². The molecule has 1 aliphatic heterocycles. The molecule has 0 aliphatic carbocycles. The van der Waals surface area contributed by atoms with Crippen LogP contribution < -0.4 is 10.6 Å². The van der Waals surface area contributed by atoms with Gasteiger partial charge in [0, 0.05) is 32.4 Å². The first-order chi connectivity index (χ1) is 9.11. The molecule has 19 heavy (non-hydrogen) atoms. The molecule has 1 unspecified atom stereocenters. The minimum atomic E-state index is -0.0423. The van der Waals surface area contributed by atoms with Crippen LogP contribution in [0.15, 0.2) is 17.4 Å². The Morgan fingerprint density at radius 3 is 2.68 bits per heavy atom. The number of aromatic nitrogens is 2. The monoisotopic (exact) mass is 264 g/mol. The number of nitrogens with zero attached hydrogens (tertiary/aromatic N) is 5. The average Bonchev–Trinajstić information content (AvgIpc) is 2.46. The van der Waals surface area contributed by atoms with Gasteiger partial charge in [-0.3, -0.25) is 4.90 Å². The number of aryl methyl sites for hydroxylation is 1. The Kier molecular flexibility index (Phi) is 4.16. The topological polar surface area (TPSA) is 90.9 Å². The summed E-state index contributed by atoms with van der Waals surface area (Å²) in [4.78, 5) is 13.0. The van der Waals surface area contributed by atoms with Gasteiger partial charge in [-0.2, -0.15) is 0 Å². The number of nitrogens with two attached hydrogens (primary N) is 1. The van der Waals surface area contributed by atoms with Crippen molar-refractivity contribution in [2.24, 2.45) is 10.9 Å². The highest BCUT2D eigenvalue weighted by atomic mass is 16.4. The van der Waals surface area contributed by atoms with Gasteiger partial charge in [0.05, 0.1) is 6.04 Å². The molecule has 2 rings (SSSR count). The lowest BCUT2D eigenvalue weighted by Crippen LogP contribution is -2.53. The maximum absolute atomic E-state index is 8.71. The number of piperazine rings is 1. The molecule has 0 spiro atoms. The molecular weight excluding hydrogens is 244 g/mol. The van der Waals surface area contributed by atoms with Crippen molar-refractivity contribution >= 4 is 11.7 Å². The Bertz CT molecular complexity index is 455. The third-order valence-corrected chi connectivity index (χ3v) is 3.49. The number of hydrogen-bond acceptors (Lipinski definition) is 6. The Hall–Kier alpha value is -1.89. The van der Waals surface area contributed by atoms with Crippen LogP contribution in [0.5, 0.6) is 0 Å². The first-order valence-electron chi connectivity index (χ1n) is 6.38. The number of hydrogen-bond donors (Lipinski definition) is 2. The number of rotatable bonds is 3. The molecule has 1 aromatic heterocycles. The number of amidine groups is 1. The maximum atomic E-state index is 8.71. The van der Waals surface area contributed by atoms with Crippen molar-refractivity contribution in [2.75, 3.05) is 31.1 Å². The van der Waals surface area contributed by atoms with Crippen LogP contribution in [0.25, 0.3) is 0 Å². The predicted molar refractivity (Wildman–Crippen MR) is 73.4 cm³/mol. The third kappa shape index (κ3) is 3.11. The predicted octanol–water partition coefficient (Wildman–Crippen LogP) is 0.0419. The number of oxime groups is 1. The van der Waals surface area contributed by atoms with E-state index in [1.807, 2.05) is 19.9 Å². The van der Waals surface area contributed by atoms with Crippen molar-refractivity contribution in [3.8, 4) is 0 Å². The van der Waals surface area contributed by atoms with Crippen LogP contribution in [-0.4, -0.2) is 58.1 Å². The summed E-state index contributed by atoms with van der Waals surface area (Å²) in [5, 5.41) is 11.8. The van der Waals surface area contributed by atoms with Gasteiger partial charge in [-0.1, -0.05) is 5.16 Å². The molecule has 1 atom stereocenters. The van der Waals surface area contributed by atoms with Gasteiger partial charge in [0.25, 0.3) is 0 Å². The van der Waals surface area contributed by atoms with Crippen molar-refractivity contribution in [1.82, 2.24) is 14.9 Å². The maximum Gasteiger partial charge on any atom is 0.156 e. The normalized spacial score (nSPS) is 19.5. The summed E-state index contributed by atoms with van der Waals surface area (Å²) in [7, 11) is 0. The van der Waals surface area contributed by atoms with Gasteiger partial charge in [0.1, 0.15) is 11.6 Å². The second-order valence-corrected chi connectivity index (χ2v) is 4.69. The lowest BCUT2D eigenvalue weighted by atomic mass is 10.2. The molecule has 3 N–H and O–H groups in total. The highest BCUT2D eigenvalue weighted by Crippen LogP contribution is 2.14. The fourth-order valence-electron chi connectivity index (χ4n) is 2.23. The third-order valence-electron chi connectivity index (χ3n) is 3.49. The van der Waals surface area contributed by atoms with Crippen LogP contribution in [0.3, 0.4) is 0 Å². The summed E-state index contributed by atoms with van der Waals surface area (Å²) < 4.78 is 0. The van der Waals surface area contributed by atoms with E-state index in [2.05, 4.69) is 24.9 Å². The van der Waals surface area contributed by atoms with E-state index in [0.717, 1.165) is 37.8 Å². The minimum absolute atomic E-state index is 0.0423. The summed E-state index contributed by atoms with van der Waals surface area (Å²) in [5.74, 6) is 2.00. The Labute approximate surface area is 112 Å². The molecule has 0 bridgehead atoms. The van der Waals surface area contributed by atoms with Gasteiger partial charge in [-0.25, -0.2) is 9.97 Å². The molecule has 1 aromatic rings. The molecule has 7 nitrogen and oxygen atoms in total. The zero-order valence-corrected chi connectivity index (χ0v) is 11.3. The van der Waals surface area contributed by atoms with Crippen LogP contribution in [0, 0.1) is 6.92 Å². The minimum Gasteiger partial charge on any atom is -0.409 e. The lowest BCUT2D eigenvalue weighted by molar-refractivity contribution is 0.230. The van der Waals surface area contributed by atoms with Crippen molar-refractivity contribution < 1.29 is 5.21 Å². The van der Waals surface area contributed by atoms with Crippen LogP contribution in [0.2, 0.25) is 0 Å². The van der Waals surface area contributed by atoms with Crippen molar-refractivity contribution in [3.63, 3.8) is 0 Å². The van der Waals surface area contributed by atoms with E-state index in [9.17, 15) is 0 Å². The van der Waals surface area contributed by atoms with Crippen LogP contribution in [0.4, 0.5) is 5.82 Å². The largest absolute Gasteiger partial charge is 0.409 e. The zero-order valence-electron chi connectivity index (χ0n) is 11.3. The number of anilines is 1. The van der Waals surface area contributed by atoms with Crippen LogP contribution >= 0.6 is 0 Å². The molecule has 1 aliphatic rings. The molecule has 104 valence electrons. The summed E-state index contributed by atoms with van der Waals surface area (Å²) in [6.45, 7) is 7.31. The molecule has 2 heterocycles. The van der Waals surface area contributed by atoms with E-state index < -0.39 is 0 Å². The molecule has 1 saturated heterocycles. The Morgan fingerprint density at radius 2 is 2.11 bits per heavy atom. The van der Waals surface area contributed by atoms with Crippen molar-refractivity contribution in [3.05, 3.63) is 18.1 Å². The van der Waals surface area contributed by atoms with Gasteiger partial charge >= 0.3 is 0 Å². The lowest BCUT2D eigenvalue weighted by Gasteiger charge is -2.38. The molecule has 0 radical (unpaired) electrons. The van der Waals surface area contributed by atoms with Gasteiger partial charge in [0.2, 0.25) is 0 Å². The molecule has 0 aromatic carbocycles. The smallest absolute Gasteiger partial charge is 0.156 e. The summed E-state index contributed by atoms with van der Waals surface area (Å²) in [6.07, 6.45) is 1.78.